The Balaban J connectivity index is 2.58. The van der Waals surface area contributed by atoms with Crippen molar-refractivity contribution in [2.45, 2.75) is 291 Å². The first kappa shape index (κ1) is 62.8. The predicted molar refractivity (Wildman–Crippen MR) is 295 cm³/mol. The fourth-order valence-electron chi connectivity index (χ4n) is 10.5. The molecule has 0 aromatic rings. The van der Waals surface area contributed by atoms with Crippen molar-refractivity contribution in [3.05, 3.63) is 0 Å². The number of hydrogen-bond donors (Lipinski definition) is 0. The Bertz CT molecular complexity index is 852. The SMILES string of the molecule is CCCCCCCCCCCCN(CC)CCN1CCN(CCN(CCCCCCCCCCCC)CCN(CCCCCCCCCCCC)CCCCCCCCCCCC)CC1. The van der Waals surface area contributed by atoms with Gasteiger partial charge in [0.1, 0.15) is 0 Å². The lowest BCUT2D eigenvalue weighted by molar-refractivity contribution is 0.105. The van der Waals surface area contributed by atoms with E-state index in [2.05, 4.69) is 59.1 Å². The summed E-state index contributed by atoms with van der Waals surface area (Å²) in [6.45, 7) is 30.9. The van der Waals surface area contributed by atoms with Crippen LogP contribution in [0.25, 0.3) is 0 Å². The van der Waals surface area contributed by atoms with Crippen LogP contribution in [0, 0.1) is 0 Å². The average molecular weight is 917 g/mol. The van der Waals surface area contributed by atoms with Crippen LogP contribution < -0.4 is 0 Å². The van der Waals surface area contributed by atoms with E-state index in [9.17, 15) is 0 Å². The maximum atomic E-state index is 2.91. The zero-order valence-electron chi connectivity index (χ0n) is 46.1. The molecule has 65 heavy (non-hydrogen) atoms. The van der Waals surface area contributed by atoms with Gasteiger partial charge in [-0.2, -0.15) is 0 Å². The third kappa shape index (κ3) is 43.6. The molecule has 5 heteroatoms. The second kappa shape index (κ2) is 51.6. The van der Waals surface area contributed by atoms with Gasteiger partial charge in [0.05, 0.1) is 0 Å². The molecule has 1 saturated heterocycles. The van der Waals surface area contributed by atoms with Crippen LogP contribution in [0.15, 0.2) is 0 Å². The highest BCUT2D eigenvalue weighted by Gasteiger charge is 2.19. The van der Waals surface area contributed by atoms with Crippen molar-refractivity contribution < 1.29 is 0 Å². The van der Waals surface area contributed by atoms with Crippen LogP contribution >= 0.6 is 0 Å². The van der Waals surface area contributed by atoms with E-state index in [1.165, 1.54) is 355 Å². The first-order valence-electron chi connectivity index (χ1n) is 30.8. The standard InChI is InChI=1S/C60H125N5/c1-6-11-15-19-23-27-31-35-39-43-47-61(10-5)51-52-64-57-59-65(60-58-64)56-55-63(50-46-42-38-34-30-26-22-18-14-9-4)54-53-62(48-44-40-36-32-28-24-20-16-12-7-2)49-45-41-37-33-29-25-21-17-13-8-3/h6-60H2,1-5H3. The van der Waals surface area contributed by atoms with Crippen LogP contribution in [0.5, 0.6) is 0 Å². The molecule has 390 valence electrons. The van der Waals surface area contributed by atoms with Crippen LogP contribution in [0.2, 0.25) is 0 Å². The molecule has 0 atom stereocenters. The fraction of sp³-hybridized carbons (Fsp3) is 1.00. The van der Waals surface area contributed by atoms with Crippen molar-refractivity contribution in [1.29, 1.82) is 0 Å². The summed E-state index contributed by atoms with van der Waals surface area (Å²) in [5, 5.41) is 0. The second-order valence-electron chi connectivity index (χ2n) is 21.5. The van der Waals surface area contributed by atoms with E-state index in [0.29, 0.717) is 0 Å². The number of hydrogen-bond acceptors (Lipinski definition) is 5. The monoisotopic (exact) mass is 916 g/mol. The quantitative estimate of drug-likeness (QED) is 0.0564. The van der Waals surface area contributed by atoms with Gasteiger partial charge >= 0.3 is 0 Å². The molecule has 1 rings (SSSR count). The summed E-state index contributed by atoms with van der Waals surface area (Å²) in [4.78, 5) is 14.1. The molecule has 0 N–H and O–H groups in total. The van der Waals surface area contributed by atoms with Gasteiger partial charge in [-0.3, -0.25) is 9.80 Å². The van der Waals surface area contributed by atoms with E-state index in [0.717, 1.165) is 0 Å². The third-order valence-electron chi connectivity index (χ3n) is 15.4. The number of piperazine rings is 1. The van der Waals surface area contributed by atoms with Crippen LogP contribution in [-0.4, -0.2) is 123 Å². The van der Waals surface area contributed by atoms with E-state index in [-0.39, 0.29) is 0 Å². The summed E-state index contributed by atoms with van der Waals surface area (Å²) in [5.41, 5.74) is 0. The Kier molecular flexibility index (Phi) is 49.9. The molecule has 0 spiro atoms. The minimum atomic E-state index is 1.21. The zero-order valence-corrected chi connectivity index (χ0v) is 46.1. The van der Waals surface area contributed by atoms with E-state index >= 15 is 0 Å². The number of rotatable bonds is 54. The van der Waals surface area contributed by atoms with Gasteiger partial charge in [0, 0.05) is 65.4 Å². The van der Waals surface area contributed by atoms with Gasteiger partial charge in [-0.05, 0) is 58.4 Å². The van der Waals surface area contributed by atoms with Gasteiger partial charge in [-0.15, -0.1) is 0 Å². The molecule has 0 amide bonds. The minimum absolute atomic E-state index is 1.21. The minimum Gasteiger partial charge on any atom is -0.302 e. The Hall–Kier alpha value is -0.200. The smallest absolute Gasteiger partial charge is 0.0110 e. The van der Waals surface area contributed by atoms with Crippen LogP contribution in [0.1, 0.15) is 291 Å². The number of nitrogens with zero attached hydrogens (tertiary/aromatic N) is 5. The van der Waals surface area contributed by atoms with Gasteiger partial charge in [-0.25, -0.2) is 0 Å². The molecule has 0 unspecified atom stereocenters. The Morgan fingerprint density at radius 1 is 0.215 bits per heavy atom. The molecule has 5 nitrogen and oxygen atoms in total. The molecule has 1 aliphatic heterocycles. The molecule has 1 heterocycles. The molecule has 0 aromatic heterocycles. The summed E-state index contributed by atoms with van der Waals surface area (Å²) < 4.78 is 0. The summed E-state index contributed by atoms with van der Waals surface area (Å²) >= 11 is 0. The van der Waals surface area contributed by atoms with Crippen molar-refractivity contribution >= 4 is 0 Å². The Morgan fingerprint density at radius 2 is 0.415 bits per heavy atom. The van der Waals surface area contributed by atoms with Crippen LogP contribution in [-0.2, 0) is 0 Å². The largest absolute Gasteiger partial charge is 0.302 e. The van der Waals surface area contributed by atoms with Crippen molar-refractivity contribution in [3.63, 3.8) is 0 Å². The van der Waals surface area contributed by atoms with Crippen molar-refractivity contribution in [3.8, 4) is 0 Å². The Morgan fingerprint density at radius 3 is 0.662 bits per heavy atom. The van der Waals surface area contributed by atoms with Crippen molar-refractivity contribution in [2.24, 2.45) is 0 Å². The molecule has 0 aliphatic carbocycles. The lowest BCUT2D eigenvalue weighted by Gasteiger charge is -2.37. The highest BCUT2D eigenvalue weighted by atomic mass is 15.3. The van der Waals surface area contributed by atoms with Gasteiger partial charge in [0.2, 0.25) is 0 Å². The predicted octanol–water partition coefficient (Wildman–Crippen LogP) is 17.2. The normalized spacial score (nSPS) is 14.0. The molecule has 1 fully saturated rings. The fourth-order valence-corrected chi connectivity index (χ4v) is 10.5. The molecule has 0 saturated carbocycles. The maximum absolute atomic E-state index is 2.91. The average Bonchev–Trinajstić information content (AvgIpc) is 3.32. The summed E-state index contributed by atoms with van der Waals surface area (Å²) in [5.74, 6) is 0. The van der Waals surface area contributed by atoms with Crippen LogP contribution in [0.4, 0.5) is 0 Å². The second-order valence-corrected chi connectivity index (χ2v) is 21.5. The van der Waals surface area contributed by atoms with E-state index in [1.807, 2.05) is 0 Å². The molecule has 0 aromatic carbocycles. The van der Waals surface area contributed by atoms with Gasteiger partial charge in [0.25, 0.3) is 0 Å². The molecule has 0 bridgehead atoms. The van der Waals surface area contributed by atoms with Gasteiger partial charge < -0.3 is 14.7 Å². The van der Waals surface area contributed by atoms with Gasteiger partial charge in [0.15, 0.2) is 0 Å². The van der Waals surface area contributed by atoms with E-state index in [4.69, 9.17) is 0 Å². The molecule has 0 radical (unpaired) electrons. The third-order valence-corrected chi connectivity index (χ3v) is 15.4. The highest BCUT2D eigenvalue weighted by molar-refractivity contribution is 4.75. The van der Waals surface area contributed by atoms with Crippen molar-refractivity contribution in [2.75, 3.05) is 98.2 Å². The van der Waals surface area contributed by atoms with Crippen LogP contribution in [0.3, 0.4) is 0 Å². The molecular formula is C60H125N5. The lowest BCUT2D eigenvalue weighted by Crippen LogP contribution is -2.50. The topological polar surface area (TPSA) is 16.2 Å². The summed E-state index contributed by atoms with van der Waals surface area (Å²) in [6, 6.07) is 0. The first-order chi connectivity index (χ1) is 32.2. The summed E-state index contributed by atoms with van der Waals surface area (Å²) in [6.07, 6.45) is 57.5. The number of unbranched alkanes of at least 4 members (excludes halogenated alkanes) is 36. The highest BCUT2D eigenvalue weighted by Crippen LogP contribution is 2.16. The summed E-state index contributed by atoms with van der Waals surface area (Å²) in [7, 11) is 0. The first-order valence-corrected chi connectivity index (χ1v) is 30.8. The lowest BCUT2D eigenvalue weighted by atomic mass is 10.1. The van der Waals surface area contributed by atoms with Gasteiger partial charge in [-0.1, -0.05) is 266 Å². The molecular weight excluding hydrogens is 791 g/mol. The molecule has 1 aliphatic rings. The van der Waals surface area contributed by atoms with E-state index < -0.39 is 0 Å². The Labute approximate surface area is 412 Å². The maximum Gasteiger partial charge on any atom is 0.0110 e. The van der Waals surface area contributed by atoms with E-state index in [1.54, 1.807) is 0 Å². The van der Waals surface area contributed by atoms with Crippen molar-refractivity contribution in [1.82, 2.24) is 24.5 Å². The number of likely N-dealkylation sites (N-methyl/N-ethyl adjacent to an activating group) is 1. The zero-order chi connectivity index (χ0) is 46.8.